The Kier molecular flexibility index (Phi) is 10.5. The smallest absolute Gasteiger partial charge is 0.193 e. The second-order valence-electron chi connectivity index (χ2n) is 10.9. The third-order valence-corrected chi connectivity index (χ3v) is 8.27. The van der Waals surface area contributed by atoms with E-state index < -0.39 is 0 Å². The predicted molar refractivity (Wildman–Crippen MR) is 187 cm³/mol. The lowest BCUT2D eigenvalue weighted by atomic mass is 9.93. The topological polar surface area (TPSA) is 101 Å². The van der Waals surface area contributed by atoms with Gasteiger partial charge in [-0.3, -0.25) is 9.59 Å². The van der Waals surface area contributed by atoms with E-state index in [-0.39, 0.29) is 11.6 Å². The fourth-order valence-corrected chi connectivity index (χ4v) is 5.51. The van der Waals surface area contributed by atoms with E-state index >= 15 is 0 Å². The molecule has 0 saturated carbocycles. The molecule has 49 heavy (non-hydrogen) atoms. The van der Waals surface area contributed by atoms with E-state index in [1.807, 2.05) is 85.8 Å². The van der Waals surface area contributed by atoms with Crippen molar-refractivity contribution in [2.75, 3.05) is 7.11 Å². The molecule has 0 aliphatic carbocycles. The maximum absolute atomic E-state index is 13.4. The van der Waals surface area contributed by atoms with Crippen molar-refractivity contribution in [1.82, 2.24) is 0 Å². The Balaban J connectivity index is 1.09. The molecule has 0 atom stereocenters. The van der Waals surface area contributed by atoms with Gasteiger partial charge < -0.3 is 14.2 Å². The van der Waals surface area contributed by atoms with E-state index in [1.54, 1.807) is 67.8 Å². The van der Waals surface area contributed by atoms with Gasteiger partial charge in [-0.1, -0.05) is 53.6 Å². The molecular weight excluding hydrogens is 640 g/mol. The van der Waals surface area contributed by atoms with E-state index in [4.69, 9.17) is 19.5 Å². The van der Waals surface area contributed by atoms with Crippen molar-refractivity contribution >= 4 is 23.6 Å². The zero-order valence-electron chi connectivity index (χ0n) is 26.5. The van der Waals surface area contributed by atoms with Gasteiger partial charge >= 0.3 is 0 Å². The van der Waals surface area contributed by atoms with Gasteiger partial charge in [0.1, 0.15) is 28.7 Å². The Labute approximate surface area is 287 Å². The molecule has 0 aromatic heterocycles. The zero-order chi connectivity index (χ0) is 34.2. The van der Waals surface area contributed by atoms with E-state index in [2.05, 4.69) is 9.37 Å². The van der Waals surface area contributed by atoms with E-state index in [9.17, 15) is 9.59 Å². The molecule has 0 bridgehead atoms. The van der Waals surface area contributed by atoms with E-state index in [0.717, 1.165) is 34.5 Å². The Hall–Kier alpha value is -5.71. The van der Waals surface area contributed by atoms with Crippen LogP contribution in [-0.2, 0) is 9.37 Å². The van der Waals surface area contributed by atoms with Crippen LogP contribution in [0.25, 0.3) is 11.1 Å². The van der Waals surface area contributed by atoms with Gasteiger partial charge in [0.15, 0.2) is 11.6 Å². The molecule has 0 saturated heterocycles. The Morgan fingerprint density at radius 1 is 0.551 bits per heavy atom. The molecule has 6 aromatic rings. The molecule has 6 rings (SSSR count). The Bertz CT molecular complexity index is 2060. The highest BCUT2D eigenvalue weighted by Crippen LogP contribution is 2.30. The second kappa shape index (κ2) is 15.5. The molecule has 8 nitrogen and oxygen atoms in total. The number of carbonyl (C=O) groups excluding carboxylic acids is 2. The maximum atomic E-state index is 13.4. The molecule has 244 valence electrons. The molecule has 0 heterocycles. The van der Waals surface area contributed by atoms with Gasteiger partial charge in [-0.25, -0.2) is 5.26 Å². The summed E-state index contributed by atoms with van der Waals surface area (Å²) >= 11 is 0.791. The first-order valence-electron chi connectivity index (χ1n) is 15.2. The van der Waals surface area contributed by atoms with Crippen LogP contribution in [0.1, 0.15) is 37.4 Å². The zero-order valence-corrected chi connectivity index (χ0v) is 27.3. The normalized spacial score (nSPS) is 10.8. The largest absolute Gasteiger partial charge is 0.497 e. The molecule has 0 aliphatic heterocycles. The van der Waals surface area contributed by atoms with Crippen molar-refractivity contribution in [2.24, 2.45) is 0 Å². The minimum atomic E-state index is -0.151. The SMILES string of the molecule is COc1ccc(Oc2ccc(Oc3ccc(C(=O)c4ccc(-c5ccc(C)c(C(=O)c6cccc(SOOO)c6)c5)cc4)cc3)cc2)cc1. The lowest BCUT2D eigenvalue weighted by Gasteiger charge is -2.10. The van der Waals surface area contributed by atoms with Crippen molar-refractivity contribution in [3.63, 3.8) is 0 Å². The Morgan fingerprint density at radius 2 is 1.06 bits per heavy atom. The average Bonchev–Trinajstić information content (AvgIpc) is 3.15. The monoisotopic (exact) mass is 670 g/mol. The average molecular weight is 671 g/mol. The summed E-state index contributed by atoms with van der Waals surface area (Å²) in [6.07, 6.45) is 0. The summed E-state index contributed by atoms with van der Waals surface area (Å²) in [5, 5.41) is 12.1. The molecule has 0 amide bonds. The highest BCUT2D eigenvalue weighted by atomic mass is 32.2. The van der Waals surface area contributed by atoms with E-state index in [0.29, 0.717) is 50.1 Å². The molecule has 0 spiro atoms. The number of hydrogen-bond donors (Lipinski definition) is 1. The summed E-state index contributed by atoms with van der Waals surface area (Å²) in [6.45, 7) is 1.88. The van der Waals surface area contributed by atoms with Crippen LogP contribution in [0.5, 0.6) is 28.7 Å². The summed E-state index contributed by atoms with van der Waals surface area (Å²) in [4.78, 5) is 27.3. The third-order valence-electron chi connectivity index (χ3n) is 7.69. The van der Waals surface area contributed by atoms with Crippen LogP contribution in [0.3, 0.4) is 0 Å². The summed E-state index contributed by atoms with van der Waals surface area (Å²) in [6, 6.07) is 41.4. The van der Waals surface area contributed by atoms with Crippen LogP contribution >= 0.6 is 12.0 Å². The van der Waals surface area contributed by atoms with Crippen LogP contribution in [-0.4, -0.2) is 23.9 Å². The van der Waals surface area contributed by atoms with Crippen molar-refractivity contribution in [3.8, 4) is 39.9 Å². The van der Waals surface area contributed by atoms with Crippen molar-refractivity contribution < 1.29 is 38.4 Å². The van der Waals surface area contributed by atoms with Gasteiger partial charge in [0.25, 0.3) is 0 Å². The summed E-state index contributed by atoms with van der Waals surface area (Å²) in [7, 11) is 1.62. The minimum Gasteiger partial charge on any atom is -0.497 e. The highest BCUT2D eigenvalue weighted by Gasteiger charge is 2.15. The number of rotatable bonds is 13. The minimum absolute atomic E-state index is 0.119. The van der Waals surface area contributed by atoms with Crippen LogP contribution in [0.4, 0.5) is 0 Å². The molecular formula is C40H30O8S. The first-order valence-corrected chi connectivity index (χ1v) is 15.9. The van der Waals surface area contributed by atoms with E-state index in [1.165, 1.54) is 0 Å². The third kappa shape index (κ3) is 8.24. The van der Waals surface area contributed by atoms with Gasteiger partial charge in [0.05, 0.1) is 19.2 Å². The molecule has 6 aromatic carbocycles. The van der Waals surface area contributed by atoms with Gasteiger partial charge in [-0.05, 0) is 115 Å². The van der Waals surface area contributed by atoms with Gasteiger partial charge in [-0.15, -0.1) is 4.33 Å². The van der Waals surface area contributed by atoms with Crippen LogP contribution < -0.4 is 14.2 Å². The number of benzene rings is 6. The number of carbonyl (C=O) groups is 2. The van der Waals surface area contributed by atoms with Crippen LogP contribution in [0.15, 0.2) is 144 Å². The van der Waals surface area contributed by atoms with Crippen molar-refractivity contribution in [3.05, 3.63) is 167 Å². The standard InChI is InChI=1S/C40H30O8S/c1-26-6-7-30(25-38(26)40(42)31-4-3-5-37(24-31)49-48-47-43)27-8-10-28(11-9-27)39(41)29-12-14-33(15-13-29)45-35-20-22-36(23-21-35)46-34-18-16-32(44-2)17-19-34/h3-25,43H,1-2H3. The number of hydrogen-bond acceptors (Lipinski definition) is 9. The molecule has 0 fully saturated rings. The first-order chi connectivity index (χ1) is 23.9. The number of methoxy groups -OCH3 is 1. The molecule has 0 unspecified atom stereocenters. The number of ether oxygens (including phenoxy) is 3. The first kappa shape index (κ1) is 33.2. The van der Waals surface area contributed by atoms with Gasteiger partial charge in [-0.2, -0.15) is 0 Å². The Morgan fingerprint density at radius 3 is 1.61 bits per heavy atom. The fourth-order valence-electron chi connectivity index (χ4n) is 5.09. The predicted octanol–water partition coefficient (Wildman–Crippen LogP) is 10.1. The van der Waals surface area contributed by atoms with Crippen LogP contribution in [0.2, 0.25) is 0 Å². The van der Waals surface area contributed by atoms with Gasteiger partial charge in [0.2, 0.25) is 0 Å². The number of aryl methyl sites for hydroxylation is 1. The lowest BCUT2D eigenvalue weighted by Crippen LogP contribution is -2.04. The van der Waals surface area contributed by atoms with Gasteiger partial charge in [0, 0.05) is 27.1 Å². The summed E-state index contributed by atoms with van der Waals surface area (Å²) in [5.41, 5.74) is 4.64. The molecule has 9 heteroatoms. The van der Waals surface area contributed by atoms with Crippen LogP contribution in [0, 0.1) is 6.92 Å². The quantitative estimate of drug-likeness (QED) is 0.0557. The van der Waals surface area contributed by atoms with Crippen molar-refractivity contribution in [2.45, 2.75) is 11.8 Å². The fraction of sp³-hybridized carbons (Fsp3) is 0.0500. The highest BCUT2D eigenvalue weighted by molar-refractivity contribution is 7.94. The lowest BCUT2D eigenvalue weighted by molar-refractivity contribution is -0.432. The second-order valence-corrected chi connectivity index (χ2v) is 11.7. The summed E-state index contributed by atoms with van der Waals surface area (Å²) in [5.74, 6) is 3.08. The summed E-state index contributed by atoms with van der Waals surface area (Å²) < 4.78 is 21.5. The van der Waals surface area contributed by atoms with Crippen molar-refractivity contribution in [1.29, 1.82) is 0 Å². The maximum Gasteiger partial charge on any atom is 0.193 e. The number of ketones is 2. The molecule has 1 N–H and O–H groups in total. The molecule has 0 aliphatic rings. The molecule has 0 radical (unpaired) electrons.